The van der Waals surface area contributed by atoms with Gasteiger partial charge in [0.2, 0.25) is 5.95 Å². The number of nitrogens with zero attached hydrogens (tertiary/aromatic N) is 8. The van der Waals surface area contributed by atoms with Crippen molar-refractivity contribution in [2.24, 2.45) is 5.92 Å². The maximum atomic E-state index is 14.8. The van der Waals surface area contributed by atoms with Gasteiger partial charge in [-0.15, -0.1) is 0 Å². The van der Waals surface area contributed by atoms with E-state index >= 15 is 0 Å². The highest BCUT2D eigenvalue weighted by atomic mass is 35.5. The molecule has 6 rings (SSSR count). The van der Waals surface area contributed by atoms with Crippen LogP contribution < -0.4 is 10.2 Å². The molecule has 248 valence electrons. The second-order valence-corrected chi connectivity index (χ2v) is 13.1. The number of likely N-dealkylation sites (tertiary alicyclic amines) is 1. The third-order valence-electron chi connectivity index (χ3n) is 9.25. The Morgan fingerprint density at radius 3 is 2.47 bits per heavy atom. The van der Waals surface area contributed by atoms with Crippen LogP contribution in [0.15, 0.2) is 49.3 Å². The van der Waals surface area contributed by atoms with Gasteiger partial charge in [-0.3, -0.25) is 19.4 Å². The smallest absolute Gasteiger partial charge is 0.275 e. The van der Waals surface area contributed by atoms with Gasteiger partial charge in [0.05, 0.1) is 46.6 Å². The van der Waals surface area contributed by atoms with Crippen LogP contribution in [0.2, 0.25) is 5.02 Å². The summed E-state index contributed by atoms with van der Waals surface area (Å²) in [6.45, 7) is 10.5. The van der Waals surface area contributed by atoms with Crippen LogP contribution in [0.5, 0.6) is 0 Å². The number of amides is 1. The number of carbonyl (C=O) groups excluding carboxylic acids is 1. The van der Waals surface area contributed by atoms with Crippen molar-refractivity contribution >= 4 is 29.1 Å². The Kier molecular flexibility index (Phi) is 8.94. The van der Waals surface area contributed by atoms with Crippen LogP contribution in [0.25, 0.3) is 11.3 Å². The Morgan fingerprint density at radius 2 is 1.83 bits per heavy atom. The van der Waals surface area contributed by atoms with Gasteiger partial charge in [-0.25, -0.2) is 28.1 Å². The van der Waals surface area contributed by atoms with Gasteiger partial charge in [0.1, 0.15) is 5.69 Å². The van der Waals surface area contributed by atoms with Gasteiger partial charge < -0.3 is 15.3 Å². The topological polar surface area (TPSA) is 125 Å². The fourth-order valence-corrected chi connectivity index (χ4v) is 6.11. The van der Waals surface area contributed by atoms with Crippen LogP contribution in [-0.4, -0.2) is 82.9 Å². The summed E-state index contributed by atoms with van der Waals surface area (Å²) in [6, 6.07) is 2.42. The summed E-state index contributed by atoms with van der Waals surface area (Å²) in [6.07, 6.45) is 6.92. The largest absolute Gasteiger partial charge is 0.390 e. The van der Waals surface area contributed by atoms with Crippen LogP contribution in [0.4, 0.5) is 24.8 Å². The van der Waals surface area contributed by atoms with Gasteiger partial charge in [-0.1, -0.05) is 17.7 Å². The van der Waals surface area contributed by atoms with E-state index in [2.05, 4.69) is 47.1 Å². The van der Waals surface area contributed by atoms with Gasteiger partial charge >= 0.3 is 0 Å². The number of rotatable bonds is 10. The van der Waals surface area contributed by atoms with Crippen molar-refractivity contribution in [2.75, 3.05) is 29.9 Å². The Balaban J connectivity index is 1.09. The van der Waals surface area contributed by atoms with Gasteiger partial charge in [0, 0.05) is 72.9 Å². The number of alkyl halides is 2. The molecule has 1 aromatic carbocycles. The zero-order valence-electron chi connectivity index (χ0n) is 26.3. The highest BCUT2D eigenvalue weighted by Gasteiger charge is 2.44. The predicted octanol–water partition coefficient (Wildman–Crippen LogP) is 5.39. The first kappa shape index (κ1) is 32.8. The molecule has 2 fully saturated rings. The number of aliphatic hydroxyl groups is 1. The van der Waals surface area contributed by atoms with Crippen LogP contribution in [-0.2, 0) is 0 Å². The first-order chi connectivity index (χ1) is 22.3. The standard InChI is InChI=1S/C32H35ClF3N9O2/c1-17(19-9-38-31(39-10-19)44-8-7-26(44)18(2)43-14-20(15-43)32(3,4)47)45-16-21(11-40-45)41-30(46)25-13-37-12-24(42-25)27-22(29(35)36)5-6-23(33)28(27)34/h5-6,9-13,16-18,20,26,29,47H,7-8,14-15H2,1-4H3,(H,41,46)/t17?,18-,26+/m1/s1. The molecule has 0 saturated carbocycles. The second-order valence-electron chi connectivity index (χ2n) is 12.7. The van der Waals surface area contributed by atoms with Crippen LogP contribution in [0.3, 0.4) is 0 Å². The van der Waals surface area contributed by atoms with Gasteiger partial charge in [-0.05, 0) is 40.2 Å². The number of benzene rings is 1. The van der Waals surface area contributed by atoms with E-state index in [1.165, 1.54) is 6.20 Å². The van der Waals surface area contributed by atoms with Crippen molar-refractivity contribution in [3.63, 3.8) is 0 Å². The number of aromatic nitrogens is 6. The van der Waals surface area contributed by atoms with Gasteiger partial charge in [0.15, 0.2) is 5.82 Å². The zero-order chi connectivity index (χ0) is 33.6. The average molecular weight is 670 g/mol. The van der Waals surface area contributed by atoms with E-state index in [1.807, 2.05) is 20.8 Å². The Hall–Kier alpha value is -4.14. The number of hydrogen-bond acceptors (Lipinski definition) is 9. The maximum Gasteiger partial charge on any atom is 0.275 e. The number of carbonyl (C=O) groups is 1. The molecule has 2 saturated heterocycles. The van der Waals surface area contributed by atoms with Gasteiger partial charge in [-0.2, -0.15) is 5.10 Å². The second kappa shape index (κ2) is 12.8. The monoisotopic (exact) mass is 669 g/mol. The number of halogens is 4. The number of hydrogen-bond donors (Lipinski definition) is 2. The van der Waals surface area contributed by atoms with Crippen molar-refractivity contribution < 1.29 is 23.1 Å². The molecule has 5 heterocycles. The molecule has 2 N–H and O–H groups in total. The molecule has 0 spiro atoms. The number of nitrogens with one attached hydrogen (secondary N) is 1. The van der Waals surface area contributed by atoms with Crippen molar-refractivity contribution in [1.29, 1.82) is 0 Å². The molecule has 3 atom stereocenters. The quantitative estimate of drug-likeness (QED) is 0.229. The summed E-state index contributed by atoms with van der Waals surface area (Å²) in [4.78, 5) is 34.9. The van der Waals surface area contributed by atoms with E-state index in [1.54, 1.807) is 23.3 Å². The Bertz CT molecular complexity index is 1760. The van der Waals surface area contributed by atoms with Crippen LogP contribution in [0, 0.1) is 11.7 Å². The first-order valence-electron chi connectivity index (χ1n) is 15.3. The van der Waals surface area contributed by atoms with Crippen LogP contribution >= 0.6 is 11.6 Å². The molecule has 2 aliphatic heterocycles. The van der Waals surface area contributed by atoms with E-state index in [4.69, 9.17) is 11.6 Å². The van der Waals surface area contributed by atoms with Crippen molar-refractivity contribution in [1.82, 2.24) is 34.6 Å². The fourth-order valence-electron chi connectivity index (χ4n) is 5.95. The molecule has 1 unspecified atom stereocenters. The molecule has 0 radical (unpaired) electrons. The van der Waals surface area contributed by atoms with E-state index in [0.29, 0.717) is 23.7 Å². The molecular formula is C32H35ClF3N9O2. The highest BCUT2D eigenvalue weighted by molar-refractivity contribution is 6.31. The molecule has 11 nitrogen and oxygen atoms in total. The molecule has 1 amide bonds. The summed E-state index contributed by atoms with van der Waals surface area (Å²) in [5, 5.41) is 17.0. The minimum Gasteiger partial charge on any atom is -0.390 e. The molecular weight excluding hydrogens is 635 g/mol. The Labute approximate surface area is 274 Å². The van der Waals surface area contributed by atoms with E-state index in [0.717, 1.165) is 56.1 Å². The fraction of sp³-hybridized carbons (Fsp3) is 0.438. The van der Waals surface area contributed by atoms with Crippen LogP contribution in [0.1, 0.15) is 68.2 Å². The Morgan fingerprint density at radius 1 is 1.11 bits per heavy atom. The molecule has 15 heteroatoms. The van der Waals surface area contributed by atoms with Crippen molar-refractivity contribution in [3.8, 4) is 11.3 Å². The van der Waals surface area contributed by atoms with Crippen molar-refractivity contribution in [3.05, 3.63) is 77.0 Å². The summed E-state index contributed by atoms with van der Waals surface area (Å²) in [5.41, 5.74) is -1.09. The summed E-state index contributed by atoms with van der Waals surface area (Å²) in [7, 11) is 0. The third kappa shape index (κ3) is 6.54. The van der Waals surface area contributed by atoms with E-state index < -0.39 is 34.9 Å². The molecule has 0 aliphatic carbocycles. The molecule has 47 heavy (non-hydrogen) atoms. The zero-order valence-corrected chi connectivity index (χ0v) is 27.0. The minimum absolute atomic E-state index is 0.211. The normalized spacial score (nSPS) is 18.5. The lowest BCUT2D eigenvalue weighted by atomic mass is 9.82. The van der Waals surface area contributed by atoms with E-state index in [9.17, 15) is 23.1 Å². The molecule has 3 aromatic heterocycles. The summed E-state index contributed by atoms with van der Waals surface area (Å²) in [5.74, 6) is -0.817. The maximum absolute atomic E-state index is 14.8. The molecule has 0 bridgehead atoms. The third-order valence-corrected chi connectivity index (χ3v) is 9.54. The van der Waals surface area contributed by atoms with Gasteiger partial charge in [0.25, 0.3) is 12.3 Å². The molecule has 4 aromatic rings. The predicted molar refractivity (Wildman–Crippen MR) is 170 cm³/mol. The average Bonchev–Trinajstić information content (AvgIpc) is 3.44. The molecule has 2 aliphatic rings. The van der Waals surface area contributed by atoms with Crippen molar-refractivity contribution in [2.45, 2.75) is 64.3 Å². The lowest BCUT2D eigenvalue weighted by Crippen LogP contribution is -2.66. The first-order valence-corrected chi connectivity index (χ1v) is 15.7. The number of anilines is 2. The SMILES string of the molecule is CC(c1cnc(N2CC[C@H]2[C@@H](C)N2CC(C(C)(C)O)C2)nc1)n1cc(NC(=O)c2cncc(-c3c(C(F)F)ccc(Cl)c3F)n2)cn1. The summed E-state index contributed by atoms with van der Waals surface area (Å²) < 4.78 is 43.6. The summed E-state index contributed by atoms with van der Waals surface area (Å²) >= 11 is 5.83. The van der Waals surface area contributed by atoms with E-state index in [-0.39, 0.29) is 28.4 Å². The lowest BCUT2D eigenvalue weighted by Gasteiger charge is -2.54. The lowest BCUT2D eigenvalue weighted by molar-refractivity contribution is -0.0797. The highest BCUT2D eigenvalue weighted by Crippen LogP contribution is 2.36. The minimum atomic E-state index is -2.99.